The Labute approximate surface area is 331 Å². The van der Waals surface area contributed by atoms with Crippen LogP contribution in [0.25, 0.3) is 6.08 Å². The maximum atomic E-state index is 14.8. The van der Waals surface area contributed by atoms with E-state index >= 15 is 0 Å². The van der Waals surface area contributed by atoms with Crippen LogP contribution in [0, 0.1) is 5.41 Å². The number of halogens is 3. The lowest BCUT2D eigenvalue weighted by Crippen LogP contribution is -2.70. The number of hydroxylamine groups is 2. The number of hydrogen-bond donors (Lipinski definition) is 2. The molecule has 3 saturated heterocycles. The Morgan fingerprint density at radius 2 is 1.70 bits per heavy atom. The lowest BCUT2D eigenvalue weighted by atomic mass is 9.62. The molecule has 3 heterocycles. The predicted molar refractivity (Wildman–Crippen MR) is 198 cm³/mol. The van der Waals surface area contributed by atoms with Crippen molar-refractivity contribution in [1.82, 2.24) is 10.4 Å². The average molecular weight is 811 g/mol. The van der Waals surface area contributed by atoms with Crippen LogP contribution in [0.5, 0.6) is 0 Å². The van der Waals surface area contributed by atoms with Gasteiger partial charge in [0.2, 0.25) is 5.91 Å². The van der Waals surface area contributed by atoms with Crippen LogP contribution in [0.15, 0.2) is 30.3 Å². The van der Waals surface area contributed by atoms with E-state index in [4.69, 9.17) is 23.8 Å². The van der Waals surface area contributed by atoms with Crippen molar-refractivity contribution in [3.8, 4) is 0 Å². The summed E-state index contributed by atoms with van der Waals surface area (Å²) in [6.07, 6.45) is 0.790. The smallest absolute Gasteiger partial charge is 0.422 e. The van der Waals surface area contributed by atoms with E-state index in [1.807, 2.05) is 0 Å². The molecule has 4 aliphatic rings. The van der Waals surface area contributed by atoms with Gasteiger partial charge in [-0.05, 0) is 57.2 Å². The van der Waals surface area contributed by atoms with Crippen LogP contribution in [0.2, 0.25) is 0 Å². The fourth-order valence-corrected chi connectivity index (χ4v) is 8.28. The first kappa shape index (κ1) is 44.5. The summed E-state index contributed by atoms with van der Waals surface area (Å²) in [7, 11) is 0. The molecule has 13 nitrogen and oxygen atoms in total. The van der Waals surface area contributed by atoms with Gasteiger partial charge in [0.15, 0.2) is 18.4 Å². The van der Waals surface area contributed by atoms with Gasteiger partial charge in [0.05, 0.1) is 19.2 Å². The molecule has 2 unspecified atom stereocenters. The number of unbranched alkanes of at least 4 members (excludes halogenated alkanes) is 4. The third kappa shape index (κ3) is 10.7. The summed E-state index contributed by atoms with van der Waals surface area (Å²) >= 11 is 0. The number of carbonyl (C=O) groups excluding carboxylic acids is 4. The average Bonchev–Trinajstić information content (AvgIpc) is 3.69. The number of alkyl halides is 3. The van der Waals surface area contributed by atoms with Crippen LogP contribution >= 0.6 is 0 Å². The number of amides is 1. The first-order valence-corrected chi connectivity index (χ1v) is 20.1. The third-order valence-corrected chi connectivity index (χ3v) is 10.8. The number of fused-ring (bicyclic) bond motifs is 4. The number of nitrogens with zero attached hydrogens (tertiary/aromatic N) is 1. The number of aliphatic hydroxyl groups is 1. The van der Waals surface area contributed by atoms with Gasteiger partial charge in [0.25, 0.3) is 0 Å². The second kappa shape index (κ2) is 18.6. The normalized spacial score (nSPS) is 27.2. The predicted octanol–water partition coefficient (Wildman–Crippen LogP) is 5.85. The van der Waals surface area contributed by atoms with Gasteiger partial charge >= 0.3 is 24.1 Å². The molecule has 318 valence electrons. The Hall–Kier alpha value is -3.57. The molecule has 16 heteroatoms. The second-order valence-electron chi connectivity index (χ2n) is 16.4. The number of carbonyl (C=O) groups is 4. The highest BCUT2D eigenvalue weighted by atomic mass is 19.4. The molecule has 57 heavy (non-hydrogen) atoms. The summed E-state index contributed by atoms with van der Waals surface area (Å²) in [6.45, 7) is 7.10. The molecule has 2 N–H and O–H groups in total. The van der Waals surface area contributed by atoms with Crippen molar-refractivity contribution in [3.05, 3.63) is 41.5 Å². The highest BCUT2D eigenvalue weighted by Gasteiger charge is 2.76. The first-order chi connectivity index (χ1) is 26.9. The maximum Gasteiger partial charge on any atom is 0.422 e. The molecule has 0 aromatic heterocycles. The van der Waals surface area contributed by atoms with Crippen LogP contribution in [0.1, 0.15) is 116 Å². The van der Waals surface area contributed by atoms with Gasteiger partial charge in [-0.15, -0.1) is 0 Å². The highest BCUT2D eigenvalue weighted by molar-refractivity contribution is 5.94. The van der Waals surface area contributed by atoms with E-state index in [1.165, 1.54) is 11.1 Å². The number of ether oxygens (including phenoxy) is 5. The van der Waals surface area contributed by atoms with Gasteiger partial charge in [-0.2, -0.15) is 18.2 Å². The topological polar surface area (TPSA) is 159 Å². The van der Waals surface area contributed by atoms with E-state index < -0.39 is 96.5 Å². The van der Waals surface area contributed by atoms with Crippen molar-refractivity contribution in [1.29, 1.82) is 0 Å². The van der Waals surface area contributed by atoms with Crippen molar-refractivity contribution < 1.29 is 66.0 Å². The Bertz CT molecular complexity index is 1600. The largest absolute Gasteiger partial charge is 0.460 e. The van der Waals surface area contributed by atoms with E-state index in [0.717, 1.165) is 44.6 Å². The molecule has 1 amide bonds. The number of aliphatic hydroxyl groups excluding tert-OH is 1. The zero-order valence-electron chi connectivity index (χ0n) is 33.4. The Morgan fingerprint density at radius 3 is 2.33 bits per heavy atom. The molecule has 7 atom stereocenters. The van der Waals surface area contributed by atoms with E-state index in [9.17, 15) is 37.5 Å². The zero-order chi connectivity index (χ0) is 41.6. The van der Waals surface area contributed by atoms with Gasteiger partial charge in [-0.1, -0.05) is 63.8 Å². The molecule has 2 bridgehead atoms. The van der Waals surface area contributed by atoms with Crippen molar-refractivity contribution in [3.63, 3.8) is 0 Å². The van der Waals surface area contributed by atoms with Gasteiger partial charge in [-0.3, -0.25) is 19.2 Å². The van der Waals surface area contributed by atoms with Crippen molar-refractivity contribution >= 4 is 29.9 Å². The summed E-state index contributed by atoms with van der Waals surface area (Å²) < 4.78 is 67.4. The minimum atomic E-state index is -4.69. The summed E-state index contributed by atoms with van der Waals surface area (Å²) in [4.78, 5) is 60.4. The summed E-state index contributed by atoms with van der Waals surface area (Å²) in [6, 6.07) is 4.53. The first-order valence-electron chi connectivity index (χ1n) is 20.1. The molecule has 3 aliphatic heterocycles. The molecular weight excluding hydrogens is 753 g/mol. The maximum absolute atomic E-state index is 14.8. The van der Waals surface area contributed by atoms with Gasteiger partial charge in [0.1, 0.15) is 35.4 Å². The Kier molecular flexibility index (Phi) is 14.5. The molecule has 4 fully saturated rings. The number of nitrogens with one attached hydrogen (secondary N) is 1. The quantitative estimate of drug-likeness (QED) is 0.0745. The number of benzene rings is 1. The van der Waals surface area contributed by atoms with Crippen molar-refractivity contribution in [2.45, 2.75) is 166 Å². The zero-order valence-corrected chi connectivity index (χ0v) is 33.4. The fraction of sp³-hybridized carbons (Fsp3) is 0.707. The molecule has 0 radical (unpaired) electrons. The van der Waals surface area contributed by atoms with Crippen LogP contribution in [-0.2, 0) is 54.2 Å². The molecule has 1 aromatic carbocycles. The Balaban J connectivity index is 1.47. The molecule has 5 rings (SSSR count). The van der Waals surface area contributed by atoms with Crippen molar-refractivity contribution in [2.75, 3.05) is 13.2 Å². The molecular formula is C41H57F3N2O11. The molecule has 1 saturated carbocycles. The van der Waals surface area contributed by atoms with Crippen LogP contribution < -0.4 is 5.32 Å². The fourth-order valence-electron chi connectivity index (χ4n) is 8.28. The van der Waals surface area contributed by atoms with Gasteiger partial charge < -0.3 is 34.1 Å². The highest BCUT2D eigenvalue weighted by Crippen LogP contribution is 2.58. The second-order valence-corrected chi connectivity index (χ2v) is 16.4. The lowest BCUT2D eigenvalue weighted by Gasteiger charge is -2.49. The minimum absolute atomic E-state index is 0.0255. The SMILES string of the molecule is CCCCCC1(CCCCC)O[C@@H]2[C@H]3ON(Cc4ccccc4C=CC(=O)OCC(F)(F)F)[C@H]4C(=O)OC(CC34C(=O)N[C@H](CO)CCC(=O)OC(C)(C)C)[C@@H]2O1. The third-order valence-electron chi connectivity index (χ3n) is 10.8. The number of esters is 3. The molecule has 1 aromatic rings. The summed E-state index contributed by atoms with van der Waals surface area (Å²) in [5.41, 5.74) is -1.37. The van der Waals surface area contributed by atoms with Gasteiger partial charge in [-0.25, -0.2) is 4.79 Å². The van der Waals surface area contributed by atoms with E-state index in [-0.39, 0.29) is 25.8 Å². The summed E-state index contributed by atoms with van der Waals surface area (Å²) in [5.74, 6) is -3.99. The molecule has 1 aliphatic carbocycles. The number of hydrogen-bond acceptors (Lipinski definition) is 12. The van der Waals surface area contributed by atoms with E-state index in [0.29, 0.717) is 24.0 Å². The van der Waals surface area contributed by atoms with Crippen LogP contribution in [-0.4, -0.2) is 101 Å². The van der Waals surface area contributed by atoms with E-state index in [1.54, 1.807) is 45.0 Å². The van der Waals surface area contributed by atoms with Crippen molar-refractivity contribution in [2.24, 2.45) is 5.41 Å². The van der Waals surface area contributed by atoms with Crippen LogP contribution in [0.3, 0.4) is 0 Å². The lowest BCUT2D eigenvalue weighted by molar-refractivity contribution is -0.224. The molecule has 0 spiro atoms. The van der Waals surface area contributed by atoms with Gasteiger partial charge in [0, 0.05) is 31.8 Å². The van der Waals surface area contributed by atoms with Crippen LogP contribution in [0.4, 0.5) is 13.2 Å². The summed E-state index contributed by atoms with van der Waals surface area (Å²) in [5, 5.41) is 14.6. The monoisotopic (exact) mass is 810 g/mol. The minimum Gasteiger partial charge on any atom is -0.460 e. The van der Waals surface area contributed by atoms with E-state index in [2.05, 4.69) is 23.9 Å². The number of rotatable bonds is 19. The standard InChI is InChI=1S/C41H57F3N2O11/c1-6-8-12-20-39(21-13-9-7-2)55-32-29-22-40(37(51)45-28(24-47)17-19-31(49)54-38(3,4)5)34(36(50)53-29)46(57-35(40)33(32)56-39)23-27-15-11-10-14-26(27)16-18-30(48)52-25-41(42,43)44/h10-11,14-16,18,28-29,32-35,47H,6-9,12-13,17,19-25H2,1-5H3,(H,45,51)/t28-,29?,32-,33-,34-,35+,40?/m0/s1. The Morgan fingerprint density at radius 1 is 1.04 bits per heavy atom.